The maximum Gasteiger partial charge on any atom is 0.245 e. The highest BCUT2D eigenvalue weighted by Crippen LogP contribution is 2.38. The highest BCUT2D eigenvalue weighted by atomic mass is 32.2. The van der Waals surface area contributed by atoms with Gasteiger partial charge in [0, 0.05) is 12.6 Å². The van der Waals surface area contributed by atoms with Crippen LogP contribution in [0.5, 0.6) is 5.75 Å². The molecule has 0 bridgehead atoms. The summed E-state index contributed by atoms with van der Waals surface area (Å²) in [4.78, 5) is 0.231. The van der Waals surface area contributed by atoms with E-state index in [0.29, 0.717) is 23.5 Å². The van der Waals surface area contributed by atoms with Crippen molar-refractivity contribution in [2.45, 2.75) is 37.2 Å². The molecule has 1 atom stereocenters. The van der Waals surface area contributed by atoms with Gasteiger partial charge in [0.15, 0.2) is 0 Å². The number of rotatable bonds is 7. The van der Waals surface area contributed by atoms with Gasteiger partial charge in [0.1, 0.15) is 21.7 Å². The predicted octanol–water partition coefficient (Wildman–Crippen LogP) is 3.69. The lowest BCUT2D eigenvalue weighted by Gasteiger charge is -2.28. The lowest BCUT2D eigenvalue weighted by atomic mass is 10.1. The number of aromatic nitrogens is 2. The first-order valence-electron chi connectivity index (χ1n) is 8.87. The van der Waals surface area contributed by atoms with E-state index >= 15 is 0 Å². The molecule has 1 fully saturated rings. The van der Waals surface area contributed by atoms with Crippen LogP contribution >= 0.6 is 11.7 Å². The highest BCUT2D eigenvalue weighted by molar-refractivity contribution is 7.89. The Hall–Kier alpha value is -2.03. The minimum absolute atomic E-state index is 0.0704. The molecule has 0 aliphatic heterocycles. The monoisotopic (exact) mass is 403 g/mol. The lowest BCUT2D eigenvalue weighted by Crippen LogP contribution is -2.39. The van der Waals surface area contributed by atoms with Gasteiger partial charge in [0.25, 0.3) is 0 Å². The van der Waals surface area contributed by atoms with Crippen LogP contribution in [0.1, 0.15) is 25.3 Å². The first-order valence-corrected chi connectivity index (χ1v) is 11.0. The van der Waals surface area contributed by atoms with E-state index in [2.05, 4.69) is 8.75 Å². The summed E-state index contributed by atoms with van der Waals surface area (Å²) in [6.07, 6.45) is 2.14. The van der Waals surface area contributed by atoms with Gasteiger partial charge in [-0.3, -0.25) is 0 Å². The zero-order valence-corrected chi connectivity index (χ0v) is 16.8. The van der Waals surface area contributed by atoms with E-state index in [1.807, 2.05) is 31.2 Å². The Balaban J connectivity index is 1.74. The molecule has 3 aromatic rings. The van der Waals surface area contributed by atoms with Crippen LogP contribution in [0.2, 0.25) is 0 Å². The molecule has 0 amide bonds. The van der Waals surface area contributed by atoms with Crippen LogP contribution in [0.4, 0.5) is 0 Å². The summed E-state index contributed by atoms with van der Waals surface area (Å²) in [6, 6.07) is 12.6. The van der Waals surface area contributed by atoms with Gasteiger partial charge in [-0.2, -0.15) is 13.1 Å². The summed E-state index contributed by atoms with van der Waals surface area (Å²) >= 11 is 1.03. The first-order chi connectivity index (χ1) is 13.0. The fraction of sp³-hybridized carbons (Fsp3) is 0.368. The van der Waals surface area contributed by atoms with Crippen molar-refractivity contribution in [3.05, 3.63) is 48.0 Å². The molecule has 0 N–H and O–H groups in total. The number of hydrogen-bond donors (Lipinski definition) is 0. The molecule has 1 saturated carbocycles. The van der Waals surface area contributed by atoms with Crippen LogP contribution in [-0.2, 0) is 16.6 Å². The minimum atomic E-state index is -3.71. The Kier molecular flexibility index (Phi) is 4.88. The Morgan fingerprint density at radius 2 is 1.93 bits per heavy atom. The Bertz CT molecular complexity index is 1040. The van der Waals surface area contributed by atoms with Gasteiger partial charge in [0.05, 0.1) is 18.8 Å². The molecule has 2 aromatic carbocycles. The number of fused-ring (bicyclic) bond motifs is 1. The molecule has 0 saturated heterocycles. The van der Waals surface area contributed by atoms with E-state index in [9.17, 15) is 8.42 Å². The molecule has 142 valence electrons. The van der Waals surface area contributed by atoms with Crippen molar-refractivity contribution in [2.24, 2.45) is 5.92 Å². The number of hydrogen-bond acceptors (Lipinski definition) is 6. The maximum absolute atomic E-state index is 13.6. The largest absolute Gasteiger partial charge is 0.497 e. The standard InChI is InChI=1S/C19H21N3O3S2/c1-13(15-8-9-15)22(12-14-6-10-16(25-2)11-7-14)27(23,24)18-5-3-4-17-19(18)21-26-20-17/h3-7,10-11,13,15H,8-9,12H2,1-2H3. The van der Waals surface area contributed by atoms with Crippen molar-refractivity contribution in [1.29, 1.82) is 0 Å². The maximum atomic E-state index is 13.6. The van der Waals surface area contributed by atoms with Crippen LogP contribution in [-0.4, -0.2) is 34.6 Å². The molecule has 0 radical (unpaired) electrons. The van der Waals surface area contributed by atoms with Gasteiger partial charge >= 0.3 is 0 Å². The van der Waals surface area contributed by atoms with Crippen molar-refractivity contribution in [2.75, 3.05) is 7.11 Å². The average Bonchev–Trinajstić information content (AvgIpc) is 3.42. The van der Waals surface area contributed by atoms with E-state index in [0.717, 1.165) is 35.9 Å². The summed E-state index contributed by atoms with van der Waals surface area (Å²) in [6.45, 7) is 2.32. The summed E-state index contributed by atoms with van der Waals surface area (Å²) in [5.74, 6) is 1.16. The van der Waals surface area contributed by atoms with Crippen molar-refractivity contribution in [3.63, 3.8) is 0 Å². The van der Waals surface area contributed by atoms with E-state index < -0.39 is 10.0 Å². The van der Waals surface area contributed by atoms with Gasteiger partial charge in [-0.1, -0.05) is 18.2 Å². The van der Waals surface area contributed by atoms with Crippen LogP contribution in [0.3, 0.4) is 0 Å². The number of methoxy groups -OCH3 is 1. The van der Waals surface area contributed by atoms with Gasteiger partial charge in [-0.15, -0.1) is 0 Å². The molecule has 1 aliphatic rings. The number of ether oxygens (including phenoxy) is 1. The van der Waals surface area contributed by atoms with Crippen LogP contribution in [0, 0.1) is 5.92 Å². The van der Waals surface area contributed by atoms with E-state index in [4.69, 9.17) is 4.74 Å². The second-order valence-electron chi connectivity index (χ2n) is 6.86. The third kappa shape index (κ3) is 3.56. The van der Waals surface area contributed by atoms with E-state index in [1.54, 1.807) is 29.6 Å². The van der Waals surface area contributed by atoms with Crippen molar-refractivity contribution < 1.29 is 13.2 Å². The van der Waals surface area contributed by atoms with E-state index in [-0.39, 0.29) is 10.9 Å². The molecular weight excluding hydrogens is 382 g/mol. The molecule has 0 spiro atoms. The Morgan fingerprint density at radius 3 is 2.59 bits per heavy atom. The van der Waals surface area contributed by atoms with Crippen LogP contribution < -0.4 is 4.74 Å². The summed E-state index contributed by atoms with van der Waals surface area (Å²) in [5.41, 5.74) is 1.99. The van der Waals surface area contributed by atoms with Crippen LogP contribution in [0.25, 0.3) is 11.0 Å². The summed E-state index contributed by atoms with van der Waals surface area (Å²) in [5, 5.41) is 0. The van der Waals surface area contributed by atoms with Gasteiger partial charge in [0.2, 0.25) is 10.0 Å². The fourth-order valence-corrected chi connectivity index (χ4v) is 5.72. The van der Waals surface area contributed by atoms with Gasteiger partial charge < -0.3 is 4.74 Å². The Morgan fingerprint density at radius 1 is 1.19 bits per heavy atom. The quantitative estimate of drug-likeness (QED) is 0.602. The highest BCUT2D eigenvalue weighted by Gasteiger charge is 2.39. The van der Waals surface area contributed by atoms with Crippen LogP contribution in [0.15, 0.2) is 47.4 Å². The lowest BCUT2D eigenvalue weighted by molar-refractivity contribution is 0.303. The van der Waals surface area contributed by atoms with Crippen molar-refractivity contribution in [1.82, 2.24) is 13.1 Å². The molecule has 1 aromatic heterocycles. The molecule has 27 heavy (non-hydrogen) atoms. The smallest absolute Gasteiger partial charge is 0.245 e. The second kappa shape index (κ2) is 7.18. The average molecular weight is 404 g/mol. The molecule has 1 aliphatic carbocycles. The normalized spacial score (nSPS) is 16.0. The van der Waals surface area contributed by atoms with Crippen molar-refractivity contribution in [3.8, 4) is 5.75 Å². The first kappa shape index (κ1) is 18.3. The molecule has 1 unspecified atom stereocenters. The summed E-state index contributed by atoms with van der Waals surface area (Å²) < 4.78 is 42.4. The molecule has 1 heterocycles. The predicted molar refractivity (Wildman–Crippen MR) is 105 cm³/mol. The Labute approximate surface area is 163 Å². The van der Waals surface area contributed by atoms with E-state index in [1.165, 1.54) is 0 Å². The molecule has 8 heteroatoms. The third-order valence-corrected chi connectivity index (χ3v) is 7.60. The topological polar surface area (TPSA) is 72.4 Å². The summed E-state index contributed by atoms with van der Waals surface area (Å²) in [7, 11) is -2.09. The third-order valence-electron chi connectivity index (χ3n) is 5.09. The number of nitrogens with zero attached hydrogens (tertiary/aromatic N) is 3. The molecule has 6 nitrogen and oxygen atoms in total. The second-order valence-corrected chi connectivity index (χ2v) is 9.25. The molecule has 4 rings (SSSR count). The zero-order chi connectivity index (χ0) is 19.0. The van der Waals surface area contributed by atoms with Gasteiger partial charge in [-0.25, -0.2) is 8.42 Å². The minimum Gasteiger partial charge on any atom is -0.497 e. The van der Waals surface area contributed by atoms with Crippen molar-refractivity contribution >= 4 is 32.8 Å². The fourth-order valence-electron chi connectivity index (χ4n) is 3.29. The zero-order valence-electron chi connectivity index (χ0n) is 15.2. The molecular formula is C19H21N3O3S2. The van der Waals surface area contributed by atoms with Gasteiger partial charge in [-0.05, 0) is 55.5 Å². The SMILES string of the molecule is COc1ccc(CN(C(C)C2CC2)S(=O)(=O)c2cccc3nsnc23)cc1. The number of benzene rings is 2. The number of sulfonamides is 1.